The minimum Gasteiger partial charge on any atom is -0.345 e. The van der Waals surface area contributed by atoms with E-state index < -0.39 is 5.92 Å². The van der Waals surface area contributed by atoms with E-state index in [0.29, 0.717) is 13.0 Å². The number of amides is 2. The average Bonchev–Trinajstić information content (AvgIpc) is 3.12. The molecule has 0 spiro atoms. The normalized spacial score (nSPS) is 19.8. The SMILES string of the molecule is Cc1c([C@@H]2[C@@H](C(=O)N(C)CCc3cnccn3)CC(=O)N2C)cnn1C. The molecule has 2 amide bonds. The first-order valence-corrected chi connectivity index (χ1v) is 8.64. The number of aromatic nitrogens is 4. The minimum atomic E-state index is -0.401. The molecule has 0 N–H and O–H groups in total. The summed E-state index contributed by atoms with van der Waals surface area (Å²) in [6.45, 7) is 2.49. The molecule has 0 bridgehead atoms. The Balaban J connectivity index is 1.76. The maximum Gasteiger partial charge on any atom is 0.228 e. The zero-order valence-corrected chi connectivity index (χ0v) is 15.6. The molecule has 2 aromatic heterocycles. The third kappa shape index (κ3) is 3.31. The van der Waals surface area contributed by atoms with Gasteiger partial charge in [-0.2, -0.15) is 5.10 Å². The molecule has 8 nitrogen and oxygen atoms in total. The molecule has 1 aliphatic rings. The van der Waals surface area contributed by atoms with Gasteiger partial charge in [0.25, 0.3) is 0 Å². The number of carbonyl (C=O) groups excluding carboxylic acids is 2. The maximum atomic E-state index is 13.0. The standard InChI is InChI=1S/C18H24N6O2/c1-12-15(11-21-24(12)4)17-14(9-16(25)23(17)3)18(26)22(2)8-5-13-10-19-6-7-20-13/h6-7,10-11,14,17H,5,8-9H2,1-4H3/t14-,17-/m0/s1. The van der Waals surface area contributed by atoms with Crippen molar-refractivity contribution in [3.8, 4) is 0 Å². The van der Waals surface area contributed by atoms with Crippen LogP contribution in [0.25, 0.3) is 0 Å². The second-order valence-electron chi connectivity index (χ2n) is 6.78. The van der Waals surface area contributed by atoms with Gasteiger partial charge >= 0.3 is 0 Å². The van der Waals surface area contributed by atoms with Crippen LogP contribution in [0.5, 0.6) is 0 Å². The molecule has 3 rings (SSSR count). The Bertz CT molecular complexity index is 803. The van der Waals surface area contributed by atoms with Gasteiger partial charge in [0.2, 0.25) is 11.8 Å². The van der Waals surface area contributed by atoms with E-state index in [1.54, 1.807) is 53.4 Å². The predicted octanol–water partition coefficient (Wildman–Crippen LogP) is 0.739. The van der Waals surface area contributed by atoms with Gasteiger partial charge in [0, 0.05) is 70.4 Å². The Kier molecular flexibility index (Phi) is 5.01. The van der Waals surface area contributed by atoms with Gasteiger partial charge in [-0.25, -0.2) is 0 Å². The topological polar surface area (TPSA) is 84.2 Å². The fourth-order valence-corrected chi connectivity index (χ4v) is 3.46. The molecule has 0 unspecified atom stereocenters. The summed E-state index contributed by atoms with van der Waals surface area (Å²) in [4.78, 5) is 37.0. The first kappa shape index (κ1) is 18.0. The number of carbonyl (C=O) groups is 2. The number of hydrogen-bond acceptors (Lipinski definition) is 5. The number of hydrogen-bond donors (Lipinski definition) is 0. The fraction of sp³-hybridized carbons (Fsp3) is 0.500. The van der Waals surface area contributed by atoms with Gasteiger partial charge in [-0.15, -0.1) is 0 Å². The lowest BCUT2D eigenvalue weighted by atomic mass is 9.92. The fourth-order valence-electron chi connectivity index (χ4n) is 3.46. The minimum absolute atomic E-state index is 0.0149. The van der Waals surface area contributed by atoms with Crippen LogP contribution in [0.4, 0.5) is 0 Å². The van der Waals surface area contributed by atoms with Crippen molar-refractivity contribution in [3.05, 3.63) is 41.7 Å². The van der Waals surface area contributed by atoms with Crippen molar-refractivity contribution in [2.24, 2.45) is 13.0 Å². The van der Waals surface area contributed by atoms with Crippen LogP contribution >= 0.6 is 0 Å². The van der Waals surface area contributed by atoms with Crippen molar-refractivity contribution in [1.82, 2.24) is 29.5 Å². The zero-order valence-electron chi connectivity index (χ0n) is 15.6. The molecule has 1 aliphatic heterocycles. The van der Waals surface area contributed by atoms with Gasteiger partial charge < -0.3 is 9.80 Å². The molecule has 3 heterocycles. The van der Waals surface area contributed by atoms with E-state index in [1.165, 1.54) is 0 Å². The molecule has 26 heavy (non-hydrogen) atoms. The summed E-state index contributed by atoms with van der Waals surface area (Å²) in [5.74, 6) is -0.443. The van der Waals surface area contributed by atoms with E-state index in [1.807, 2.05) is 14.0 Å². The number of nitrogens with zero attached hydrogens (tertiary/aromatic N) is 6. The zero-order chi connectivity index (χ0) is 18.8. The third-order valence-electron chi connectivity index (χ3n) is 5.19. The predicted molar refractivity (Wildman–Crippen MR) is 94.9 cm³/mol. The quantitative estimate of drug-likeness (QED) is 0.789. The summed E-state index contributed by atoms with van der Waals surface area (Å²) in [6, 6.07) is -0.275. The molecule has 2 atom stereocenters. The van der Waals surface area contributed by atoms with Crippen molar-refractivity contribution < 1.29 is 9.59 Å². The summed E-state index contributed by atoms with van der Waals surface area (Å²) in [5.41, 5.74) is 2.74. The van der Waals surface area contributed by atoms with E-state index in [-0.39, 0.29) is 24.3 Å². The molecule has 138 valence electrons. The Morgan fingerprint density at radius 1 is 1.31 bits per heavy atom. The molecule has 2 aromatic rings. The largest absolute Gasteiger partial charge is 0.345 e. The van der Waals surface area contributed by atoms with Crippen LogP contribution in [-0.2, 0) is 23.1 Å². The second kappa shape index (κ2) is 7.23. The third-order valence-corrected chi connectivity index (χ3v) is 5.19. The van der Waals surface area contributed by atoms with Crippen LogP contribution in [-0.4, -0.2) is 62.0 Å². The number of likely N-dealkylation sites (N-methyl/N-ethyl adjacent to an activating group) is 1. The molecular formula is C18H24N6O2. The molecule has 1 saturated heterocycles. The lowest BCUT2D eigenvalue weighted by Crippen LogP contribution is -2.37. The van der Waals surface area contributed by atoms with Gasteiger partial charge in [0.15, 0.2) is 0 Å². The van der Waals surface area contributed by atoms with E-state index in [4.69, 9.17) is 0 Å². The van der Waals surface area contributed by atoms with E-state index in [9.17, 15) is 9.59 Å². The van der Waals surface area contributed by atoms with Crippen LogP contribution in [0, 0.1) is 12.8 Å². The molecule has 0 radical (unpaired) electrons. The molecule has 0 aliphatic carbocycles. The molecule has 0 aromatic carbocycles. The van der Waals surface area contributed by atoms with Crippen LogP contribution < -0.4 is 0 Å². The lowest BCUT2D eigenvalue weighted by Gasteiger charge is -2.27. The highest BCUT2D eigenvalue weighted by molar-refractivity contribution is 5.90. The molecule has 8 heteroatoms. The highest BCUT2D eigenvalue weighted by Gasteiger charge is 2.44. The van der Waals surface area contributed by atoms with E-state index in [2.05, 4.69) is 15.1 Å². The Hall–Kier alpha value is -2.77. The van der Waals surface area contributed by atoms with Crippen molar-refractivity contribution in [1.29, 1.82) is 0 Å². The monoisotopic (exact) mass is 356 g/mol. The van der Waals surface area contributed by atoms with Crippen LogP contribution in [0.3, 0.4) is 0 Å². The van der Waals surface area contributed by atoms with Gasteiger partial charge in [-0.3, -0.25) is 24.2 Å². The van der Waals surface area contributed by atoms with E-state index in [0.717, 1.165) is 17.0 Å². The Morgan fingerprint density at radius 2 is 2.08 bits per heavy atom. The van der Waals surface area contributed by atoms with Crippen molar-refractivity contribution in [2.45, 2.75) is 25.8 Å². The summed E-state index contributed by atoms with van der Waals surface area (Å²) >= 11 is 0. The van der Waals surface area contributed by atoms with Crippen LogP contribution in [0.2, 0.25) is 0 Å². The van der Waals surface area contributed by atoms with Crippen molar-refractivity contribution in [3.63, 3.8) is 0 Å². The summed E-state index contributed by atoms with van der Waals surface area (Å²) in [7, 11) is 5.39. The number of likely N-dealkylation sites (tertiary alicyclic amines) is 1. The maximum absolute atomic E-state index is 13.0. The van der Waals surface area contributed by atoms with Gasteiger partial charge in [-0.05, 0) is 6.92 Å². The van der Waals surface area contributed by atoms with Crippen LogP contribution in [0.15, 0.2) is 24.8 Å². The van der Waals surface area contributed by atoms with Gasteiger partial charge in [0.1, 0.15) is 0 Å². The summed E-state index contributed by atoms with van der Waals surface area (Å²) in [6.07, 6.45) is 7.58. The highest BCUT2D eigenvalue weighted by Crippen LogP contribution is 2.39. The first-order valence-electron chi connectivity index (χ1n) is 8.64. The highest BCUT2D eigenvalue weighted by atomic mass is 16.2. The molecular weight excluding hydrogens is 332 g/mol. The summed E-state index contributed by atoms with van der Waals surface area (Å²) < 4.78 is 1.77. The van der Waals surface area contributed by atoms with Gasteiger partial charge in [-0.1, -0.05) is 0 Å². The second-order valence-corrected chi connectivity index (χ2v) is 6.78. The lowest BCUT2D eigenvalue weighted by molar-refractivity contribution is -0.135. The van der Waals surface area contributed by atoms with Crippen molar-refractivity contribution >= 4 is 11.8 Å². The molecule has 0 saturated carbocycles. The number of aryl methyl sites for hydroxylation is 1. The Morgan fingerprint density at radius 3 is 2.69 bits per heavy atom. The molecule has 1 fully saturated rings. The first-order chi connectivity index (χ1) is 12.4. The van der Waals surface area contributed by atoms with Crippen molar-refractivity contribution in [2.75, 3.05) is 20.6 Å². The smallest absolute Gasteiger partial charge is 0.228 e. The van der Waals surface area contributed by atoms with Gasteiger partial charge in [0.05, 0.1) is 23.9 Å². The summed E-state index contributed by atoms with van der Waals surface area (Å²) in [5, 5.41) is 4.27. The Labute approximate surface area is 152 Å². The van der Waals surface area contributed by atoms with E-state index >= 15 is 0 Å². The number of rotatable bonds is 5. The van der Waals surface area contributed by atoms with Crippen LogP contribution in [0.1, 0.15) is 29.4 Å². The average molecular weight is 356 g/mol.